The number of rotatable bonds is 4. The van der Waals surface area contributed by atoms with Gasteiger partial charge < -0.3 is 22.5 Å². The fourth-order valence-electron chi connectivity index (χ4n) is 4.20. The predicted octanol–water partition coefficient (Wildman–Crippen LogP) is 1.62. The highest BCUT2D eigenvalue weighted by Gasteiger charge is 2.49. The molecule has 1 aliphatic carbocycles. The third-order valence-electron chi connectivity index (χ3n) is 6.03. The van der Waals surface area contributed by atoms with Crippen LogP contribution in [0.3, 0.4) is 0 Å². The highest BCUT2D eigenvalue weighted by Crippen LogP contribution is 2.46. The Morgan fingerprint density at radius 2 is 1.93 bits per heavy atom. The molecule has 0 amide bonds. The number of hydrogen-bond acceptors (Lipinski definition) is 7. The summed E-state index contributed by atoms with van der Waals surface area (Å²) in [5.41, 5.74) is 19.4. The Kier molecular flexibility index (Phi) is 4.12. The standard InChI is InChI=1S/C21H23FN8/c22-15-9-2-1-5-12(15)11-30-20-14(8-4-10-26-20)17(29-30)21(13-6-3-7-13)27-18(24)16(23)19(25)28-21/h1-2,4-5,8-10,13,27H,3,6-7,11,23-24H2,(H2,25,28). The first kappa shape index (κ1) is 18.4. The minimum Gasteiger partial charge on any atom is -0.393 e. The normalized spacial score (nSPS) is 22.0. The van der Waals surface area contributed by atoms with Crippen LogP contribution in [-0.4, -0.2) is 20.6 Å². The molecule has 2 aromatic heterocycles. The molecular weight excluding hydrogens is 383 g/mol. The summed E-state index contributed by atoms with van der Waals surface area (Å²) >= 11 is 0. The minimum atomic E-state index is -0.933. The summed E-state index contributed by atoms with van der Waals surface area (Å²) in [6.45, 7) is 0.244. The van der Waals surface area contributed by atoms with Crippen molar-refractivity contribution in [2.75, 3.05) is 0 Å². The van der Waals surface area contributed by atoms with Crippen LogP contribution in [0.1, 0.15) is 30.5 Å². The molecule has 0 saturated heterocycles. The summed E-state index contributed by atoms with van der Waals surface area (Å²) in [6, 6.07) is 10.4. The average molecular weight is 406 g/mol. The Morgan fingerprint density at radius 1 is 1.13 bits per heavy atom. The maximum Gasteiger partial charge on any atom is 0.181 e. The van der Waals surface area contributed by atoms with E-state index in [1.165, 1.54) is 6.07 Å². The van der Waals surface area contributed by atoms with E-state index in [2.05, 4.69) is 10.3 Å². The van der Waals surface area contributed by atoms with E-state index in [-0.39, 0.29) is 35.6 Å². The van der Waals surface area contributed by atoms with Crippen molar-refractivity contribution in [3.05, 3.63) is 71.2 Å². The van der Waals surface area contributed by atoms with Gasteiger partial charge in [-0.3, -0.25) is 0 Å². The highest BCUT2D eigenvalue weighted by molar-refractivity contribution is 5.98. The number of halogens is 1. The van der Waals surface area contributed by atoms with Crippen LogP contribution in [0, 0.1) is 11.7 Å². The van der Waals surface area contributed by atoms with Gasteiger partial charge in [-0.1, -0.05) is 24.6 Å². The second kappa shape index (κ2) is 6.72. The lowest BCUT2D eigenvalue weighted by Gasteiger charge is -2.44. The first-order valence-corrected chi connectivity index (χ1v) is 9.94. The van der Waals surface area contributed by atoms with E-state index < -0.39 is 5.66 Å². The minimum absolute atomic E-state index is 0.155. The van der Waals surface area contributed by atoms with Gasteiger partial charge in [0.05, 0.1) is 6.54 Å². The van der Waals surface area contributed by atoms with Crippen molar-refractivity contribution in [3.63, 3.8) is 0 Å². The van der Waals surface area contributed by atoms with Crippen LogP contribution >= 0.6 is 0 Å². The van der Waals surface area contributed by atoms with E-state index in [0.717, 1.165) is 24.6 Å². The summed E-state index contributed by atoms with van der Waals surface area (Å²) in [7, 11) is 0. The number of amidine groups is 1. The second-order valence-corrected chi connectivity index (χ2v) is 7.82. The van der Waals surface area contributed by atoms with Crippen molar-refractivity contribution >= 4 is 16.9 Å². The van der Waals surface area contributed by atoms with Gasteiger partial charge in [0.1, 0.15) is 28.9 Å². The summed E-state index contributed by atoms with van der Waals surface area (Å²) in [4.78, 5) is 9.28. The first-order chi connectivity index (χ1) is 14.5. The summed E-state index contributed by atoms with van der Waals surface area (Å²) in [5.74, 6) is 0.349. The van der Waals surface area contributed by atoms with Gasteiger partial charge in [-0.15, -0.1) is 0 Å². The number of pyridine rings is 1. The molecule has 1 aromatic carbocycles. The van der Waals surface area contributed by atoms with Gasteiger partial charge in [0.25, 0.3) is 0 Å². The molecule has 1 saturated carbocycles. The molecule has 8 nitrogen and oxygen atoms in total. The van der Waals surface area contributed by atoms with Gasteiger partial charge in [0, 0.05) is 23.1 Å². The van der Waals surface area contributed by atoms with E-state index in [0.29, 0.717) is 16.9 Å². The number of nitrogens with zero attached hydrogens (tertiary/aromatic N) is 4. The van der Waals surface area contributed by atoms with Crippen LogP contribution in [0.15, 0.2) is 59.1 Å². The number of aromatic nitrogens is 3. The van der Waals surface area contributed by atoms with Crippen LogP contribution < -0.4 is 22.5 Å². The highest BCUT2D eigenvalue weighted by atomic mass is 19.1. The zero-order valence-corrected chi connectivity index (χ0v) is 16.3. The molecule has 0 spiro atoms. The Bertz CT molecular complexity index is 1190. The quantitative estimate of drug-likeness (QED) is 0.520. The number of nitrogens with one attached hydrogen (secondary N) is 1. The van der Waals surface area contributed by atoms with Crippen LogP contribution in [0.4, 0.5) is 4.39 Å². The van der Waals surface area contributed by atoms with Crippen molar-refractivity contribution in [1.29, 1.82) is 0 Å². The zero-order valence-electron chi connectivity index (χ0n) is 16.3. The molecule has 30 heavy (non-hydrogen) atoms. The maximum absolute atomic E-state index is 14.3. The van der Waals surface area contributed by atoms with Gasteiger partial charge >= 0.3 is 0 Å². The number of aliphatic imine (C=N–C) groups is 1. The lowest BCUT2D eigenvalue weighted by Crippen LogP contribution is -2.55. The number of fused-ring (bicyclic) bond motifs is 1. The topological polar surface area (TPSA) is 133 Å². The first-order valence-electron chi connectivity index (χ1n) is 9.94. The molecule has 1 unspecified atom stereocenters. The van der Waals surface area contributed by atoms with E-state index >= 15 is 0 Å². The molecule has 154 valence electrons. The summed E-state index contributed by atoms with van der Waals surface area (Å²) in [6.07, 6.45) is 4.70. The summed E-state index contributed by atoms with van der Waals surface area (Å²) in [5, 5.41) is 8.98. The van der Waals surface area contributed by atoms with E-state index in [9.17, 15) is 4.39 Å². The third kappa shape index (κ3) is 2.69. The number of nitrogens with two attached hydrogens (primary N) is 3. The SMILES string of the molecule is NC1=NC(c2nn(Cc3ccccc3F)c3ncccc23)(C2CCC2)NC(N)=C1N. The Hall–Kier alpha value is -3.62. The van der Waals surface area contributed by atoms with Crippen molar-refractivity contribution in [2.24, 2.45) is 28.1 Å². The average Bonchev–Trinajstić information content (AvgIpc) is 3.06. The fraction of sp³-hybridized carbons (Fsp3) is 0.286. The molecule has 5 rings (SSSR count). The molecule has 7 N–H and O–H groups in total. The van der Waals surface area contributed by atoms with Crippen molar-refractivity contribution < 1.29 is 4.39 Å². The monoisotopic (exact) mass is 406 g/mol. The molecule has 2 aliphatic rings. The molecule has 1 atom stereocenters. The zero-order chi connectivity index (χ0) is 20.9. The molecule has 3 heterocycles. The molecule has 9 heteroatoms. The van der Waals surface area contributed by atoms with Crippen LogP contribution in [-0.2, 0) is 12.2 Å². The van der Waals surface area contributed by atoms with Crippen LogP contribution in [0.2, 0.25) is 0 Å². The lowest BCUT2D eigenvalue weighted by molar-refractivity contribution is 0.137. The van der Waals surface area contributed by atoms with E-state index in [1.54, 1.807) is 29.1 Å². The van der Waals surface area contributed by atoms with Gasteiger partial charge in [-0.05, 0) is 31.0 Å². The largest absolute Gasteiger partial charge is 0.393 e. The van der Waals surface area contributed by atoms with Crippen molar-refractivity contribution in [3.8, 4) is 0 Å². The van der Waals surface area contributed by atoms with Gasteiger partial charge in [0.2, 0.25) is 0 Å². The molecular formula is C21H23FN8. The van der Waals surface area contributed by atoms with Crippen molar-refractivity contribution in [2.45, 2.75) is 31.5 Å². The Morgan fingerprint density at radius 3 is 2.63 bits per heavy atom. The lowest BCUT2D eigenvalue weighted by atomic mass is 9.73. The number of hydrogen-bond donors (Lipinski definition) is 4. The maximum atomic E-state index is 14.3. The smallest absolute Gasteiger partial charge is 0.181 e. The van der Waals surface area contributed by atoms with Gasteiger partial charge in [-0.25, -0.2) is 19.0 Å². The Balaban J connectivity index is 1.69. The number of benzene rings is 1. The molecule has 1 aliphatic heterocycles. The van der Waals surface area contributed by atoms with Gasteiger partial charge in [-0.2, -0.15) is 5.10 Å². The summed E-state index contributed by atoms with van der Waals surface area (Å²) < 4.78 is 16.0. The third-order valence-corrected chi connectivity index (χ3v) is 6.03. The van der Waals surface area contributed by atoms with Gasteiger partial charge in [0.15, 0.2) is 11.3 Å². The van der Waals surface area contributed by atoms with E-state index in [1.807, 2.05) is 12.1 Å². The van der Waals surface area contributed by atoms with Crippen LogP contribution in [0.5, 0.6) is 0 Å². The Labute approximate surface area is 172 Å². The molecule has 0 radical (unpaired) electrons. The van der Waals surface area contributed by atoms with Crippen molar-refractivity contribution in [1.82, 2.24) is 20.1 Å². The molecule has 0 bridgehead atoms. The fourth-order valence-corrected chi connectivity index (χ4v) is 4.20. The molecule has 3 aromatic rings. The van der Waals surface area contributed by atoms with E-state index in [4.69, 9.17) is 27.3 Å². The second-order valence-electron chi connectivity index (χ2n) is 7.82. The predicted molar refractivity (Wildman–Crippen MR) is 112 cm³/mol. The molecule has 1 fully saturated rings. The van der Waals surface area contributed by atoms with Crippen LogP contribution in [0.25, 0.3) is 11.0 Å².